The van der Waals surface area contributed by atoms with Crippen LogP contribution in [0.5, 0.6) is 0 Å². The number of nitrogens with two attached hydrogens (primary N) is 1. The monoisotopic (exact) mass is 1520 g/mol. The van der Waals surface area contributed by atoms with Crippen molar-refractivity contribution in [2.45, 2.75) is 244 Å². The largest absolute Gasteiger partial charge is 0.455 e. The van der Waals surface area contributed by atoms with Gasteiger partial charge in [0.15, 0.2) is 17.7 Å². The molecule has 0 bridgehead atoms. The summed E-state index contributed by atoms with van der Waals surface area (Å²) in [6.07, 6.45) is 13.8. The van der Waals surface area contributed by atoms with Crippen LogP contribution >= 0.6 is 40.8 Å². The van der Waals surface area contributed by atoms with E-state index in [0.717, 1.165) is 100 Å². The number of hydrogen-bond donors (Lipinski definition) is 8. The summed E-state index contributed by atoms with van der Waals surface area (Å²) >= 11 is 2.64. The van der Waals surface area contributed by atoms with Crippen molar-refractivity contribution in [2.75, 3.05) is 36.6 Å². The van der Waals surface area contributed by atoms with Crippen LogP contribution in [-0.2, 0) is 46.9 Å². The molecular formula is C70H107IN7O18PS. The van der Waals surface area contributed by atoms with Crippen molar-refractivity contribution < 1.29 is 77.5 Å². The fourth-order valence-corrected chi connectivity index (χ4v) is 25.6. The lowest BCUT2D eigenvalue weighted by Crippen LogP contribution is -2.58. The second-order valence-electron chi connectivity index (χ2n) is 32.0. The molecule has 3 aromatic heterocycles. The summed E-state index contributed by atoms with van der Waals surface area (Å²) in [6, 6.07) is 1.11. The molecule has 28 heteroatoms. The zero-order valence-electron chi connectivity index (χ0n) is 57.9. The number of rotatable bonds is 21. The average molecular weight is 1520 g/mol. The number of nitrogens with zero attached hydrogens (tertiary/aromatic N) is 5. The van der Waals surface area contributed by atoms with E-state index in [1.165, 1.54) is 51.6 Å². The van der Waals surface area contributed by atoms with Crippen LogP contribution in [0.4, 0.5) is 5.82 Å². The van der Waals surface area contributed by atoms with Gasteiger partial charge in [0.25, 0.3) is 5.56 Å². The fraction of sp³-hybridized carbons (Fsp3) is 0.843. The maximum atomic E-state index is 14.9. The van der Waals surface area contributed by atoms with E-state index in [-0.39, 0.29) is 76.4 Å². The Balaban J connectivity index is 0.000000253. The summed E-state index contributed by atoms with van der Waals surface area (Å²) in [4.78, 5) is 64.6. The molecule has 548 valence electrons. The Morgan fingerprint density at radius 1 is 0.745 bits per heavy atom. The number of anilines is 1. The summed E-state index contributed by atoms with van der Waals surface area (Å²) in [5, 5.41) is 65.8. The summed E-state index contributed by atoms with van der Waals surface area (Å²) in [6.45, 7) is 8.41. The number of nitrogen functional groups attached to an aromatic ring is 1. The Morgan fingerprint density at radius 3 is 1.88 bits per heavy atom. The second kappa shape index (κ2) is 30.1. The van der Waals surface area contributed by atoms with E-state index in [4.69, 9.17) is 38.5 Å². The van der Waals surface area contributed by atoms with Crippen LogP contribution in [0.25, 0.3) is 11.2 Å². The number of carbonyl (C=O) groups excluding carboxylic acids is 2. The van der Waals surface area contributed by atoms with Crippen molar-refractivity contribution in [1.29, 1.82) is 0 Å². The number of esters is 2. The fourth-order valence-electron chi connectivity index (χ4n) is 22.4. The minimum absolute atomic E-state index is 0.0227. The lowest BCUT2D eigenvalue weighted by atomic mass is 9.43. The lowest BCUT2D eigenvalue weighted by molar-refractivity contribution is -0.175. The van der Waals surface area contributed by atoms with Gasteiger partial charge in [-0.25, -0.2) is 24.3 Å². The zero-order valence-corrected chi connectivity index (χ0v) is 61.8. The average Bonchev–Trinajstić information content (AvgIpc) is 1.25. The minimum Gasteiger partial charge on any atom is -0.455 e. The van der Waals surface area contributed by atoms with Gasteiger partial charge in [-0.2, -0.15) is 0 Å². The molecule has 0 amide bonds. The first-order valence-corrected chi connectivity index (χ1v) is 40.9. The summed E-state index contributed by atoms with van der Waals surface area (Å²) in [5.74, 6) is 4.78. The molecule has 2 aliphatic heterocycles. The van der Waals surface area contributed by atoms with Crippen LogP contribution in [0.2, 0.25) is 0 Å². The first-order valence-electron chi connectivity index (χ1n) is 36.2. The van der Waals surface area contributed by atoms with Crippen molar-refractivity contribution in [1.82, 2.24) is 29.1 Å². The number of methoxy groups -OCH3 is 1. The smallest absolute Gasteiger partial charge is 0.392 e. The molecule has 2 saturated heterocycles. The molecule has 8 aliphatic carbocycles. The third-order valence-electron chi connectivity index (χ3n) is 27.7. The van der Waals surface area contributed by atoms with Crippen LogP contribution in [0.15, 0.2) is 34.5 Å². The summed E-state index contributed by atoms with van der Waals surface area (Å²) in [7, 11) is 1.31. The van der Waals surface area contributed by atoms with Gasteiger partial charge >= 0.3 is 24.4 Å². The van der Waals surface area contributed by atoms with Crippen LogP contribution < -0.4 is 17.0 Å². The van der Waals surface area contributed by atoms with Crippen LogP contribution in [0, 0.1) is 92.7 Å². The maximum absolute atomic E-state index is 14.9. The van der Waals surface area contributed by atoms with Gasteiger partial charge in [0.1, 0.15) is 53.0 Å². The van der Waals surface area contributed by atoms with Crippen LogP contribution in [-0.4, -0.2) is 157 Å². The predicted octanol–water partition coefficient (Wildman–Crippen LogP) is 8.99. The molecule has 13 rings (SSSR count). The van der Waals surface area contributed by atoms with Crippen molar-refractivity contribution in [3.05, 3.63) is 45.8 Å². The first-order chi connectivity index (χ1) is 46.7. The molecule has 8 saturated carbocycles. The highest BCUT2D eigenvalue weighted by Gasteiger charge is 2.66. The first kappa shape index (κ1) is 74.6. The van der Waals surface area contributed by atoms with E-state index in [9.17, 15) is 54.4 Å². The molecule has 5 heterocycles. The number of nitrogens with one attached hydrogen (secondary N) is 1. The zero-order chi connectivity index (χ0) is 70.0. The molecule has 10 aliphatic rings. The summed E-state index contributed by atoms with van der Waals surface area (Å²) < 4.78 is 58.7. The van der Waals surface area contributed by atoms with Crippen molar-refractivity contribution in [3.8, 4) is 0 Å². The molecule has 98 heavy (non-hydrogen) atoms. The predicted molar refractivity (Wildman–Crippen MR) is 371 cm³/mol. The molecular weight excluding hydrogens is 1420 g/mol. The minimum atomic E-state index is -4.45. The van der Waals surface area contributed by atoms with E-state index in [1.807, 2.05) is 0 Å². The number of alkyl halides is 1. The van der Waals surface area contributed by atoms with Crippen LogP contribution in [0.1, 0.15) is 189 Å². The Hall–Kier alpha value is -3.16. The van der Waals surface area contributed by atoms with E-state index in [0.29, 0.717) is 93.3 Å². The number of aromatic amines is 1. The molecule has 25 nitrogen and oxygen atoms in total. The third kappa shape index (κ3) is 14.1. The maximum Gasteiger partial charge on any atom is 0.392 e. The van der Waals surface area contributed by atoms with E-state index < -0.39 is 92.2 Å². The topological polar surface area (TPSA) is 362 Å². The number of fused-ring (bicyclic) bond motifs is 11. The highest BCUT2D eigenvalue weighted by molar-refractivity contribution is 14.1. The van der Waals surface area contributed by atoms with E-state index >= 15 is 0 Å². The molecule has 10 fully saturated rings. The van der Waals surface area contributed by atoms with Gasteiger partial charge in [-0.3, -0.25) is 37.5 Å². The number of carbonyl (C=O) groups is 2. The Bertz CT molecular complexity index is 3460. The van der Waals surface area contributed by atoms with E-state index in [1.54, 1.807) is 4.57 Å². The summed E-state index contributed by atoms with van der Waals surface area (Å²) in [5.41, 5.74) is 5.38. The molecule has 28 atom stereocenters. The van der Waals surface area contributed by atoms with Crippen LogP contribution in [0.3, 0.4) is 0 Å². The second-order valence-corrected chi connectivity index (χ2v) is 36.6. The van der Waals surface area contributed by atoms with E-state index in [2.05, 4.69) is 84.1 Å². The molecule has 0 radical (unpaired) electrons. The highest BCUT2D eigenvalue weighted by atomic mass is 127. The van der Waals surface area contributed by atoms with Crippen molar-refractivity contribution in [3.63, 3.8) is 0 Å². The number of H-pyrrole nitrogens is 1. The number of imidazole rings is 1. The van der Waals surface area contributed by atoms with Gasteiger partial charge in [0, 0.05) is 50.0 Å². The molecule has 0 spiro atoms. The SMILES string of the molecule is CC(CCC(=O)OCI)C1CCC2C3CCC4CC(O)CCC4(C)C3CC(O)C12C.CO[C@H]1C(OP(=O)(OC[C@H]2O[C@@H](n3cnc4c(N)ncnc43)CC2O)SCOC(=O)CCC(C)C2CCC3C4CCC5CC(O)CCC5(C)C4CC(O)C23C)[C@@H](CO)O[C@H]1n1ccc(=O)[nH]c1=O. The molecule has 9 N–H and O–H groups in total. The number of aliphatic hydroxyl groups excluding tert-OH is 6. The number of aromatic nitrogens is 6. The normalized spacial score (nSPS) is 42.2. The Labute approximate surface area is 591 Å². The molecule has 23 unspecified atom stereocenters. The van der Waals surface area contributed by atoms with Gasteiger partial charge in [-0.1, -0.05) is 41.5 Å². The number of halogens is 1. The lowest BCUT2D eigenvalue weighted by Gasteiger charge is -2.62. The van der Waals surface area contributed by atoms with Gasteiger partial charge in [-0.05, 0) is 231 Å². The highest BCUT2D eigenvalue weighted by Crippen LogP contribution is 2.71. The number of hydrogen-bond acceptors (Lipinski definition) is 23. The van der Waals surface area contributed by atoms with Gasteiger partial charge in [0.05, 0.1) is 50.1 Å². The van der Waals surface area contributed by atoms with Crippen molar-refractivity contribution in [2.24, 2.45) is 92.7 Å². The Morgan fingerprint density at radius 2 is 1.33 bits per heavy atom. The van der Waals surface area contributed by atoms with Gasteiger partial charge < -0.3 is 60.1 Å². The molecule has 0 aromatic carbocycles. The Kier molecular flexibility index (Phi) is 22.9. The molecule has 3 aromatic rings. The number of ether oxygens (including phenoxy) is 5. The quantitative estimate of drug-likeness (QED) is 0.0162. The van der Waals surface area contributed by atoms with Gasteiger partial charge in [-0.15, -0.1) is 0 Å². The van der Waals surface area contributed by atoms with Crippen molar-refractivity contribution >= 4 is 69.7 Å². The van der Waals surface area contributed by atoms with Gasteiger partial charge in [0.2, 0.25) is 0 Å². The standard InChI is InChI=1S/C45H66N7O14PS.C25H41IO4/c1-23(27-8-9-28-26-7-6-24-15-25(54)11-13-44(24,2)29(26)16-33(56)45(27,28)3)5-10-36(58)62-22-68-67(60,66-38-31(18-53)65-42(39(38)61-4)51-14-12-34(57)50-43(51)59)63-19-32-30(55)17-35(64-32)52-21-49-37-40(46)47-20-48-41(37)52;1-15(4-9-23(29)30-14-26)19-7-8-20-18-6-5-16-12-17(27)10-11-24(16,2)21(18)13-22(28)25(19,20)3/h12,14,20-21,23-33,35,38-39,42,53-56H,5-11,13,15-19,22H2,1-4H3,(H2,46,47,48)(H,50,57,59);15-22,27-28H,4-14H2,1-3H3/t23?,24?,25?,26?,27?,28?,29?,30?,31-,32-,33?,35-,38?,39+,42-,44?,45?,67?;/m1./s1. The number of aliphatic hydroxyl groups is 6. The third-order valence-corrected chi connectivity index (χ3v) is 31.3.